The second-order valence-corrected chi connectivity index (χ2v) is 6.77. The van der Waals surface area contributed by atoms with Gasteiger partial charge in [0, 0.05) is 19.7 Å². The summed E-state index contributed by atoms with van der Waals surface area (Å²) < 4.78 is 0. The van der Waals surface area contributed by atoms with E-state index in [1.165, 1.54) is 0 Å². The van der Waals surface area contributed by atoms with Crippen LogP contribution in [-0.4, -0.2) is 29.4 Å². The van der Waals surface area contributed by atoms with Gasteiger partial charge in [0.15, 0.2) is 0 Å². The molecule has 5 heteroatoms. The van der Waals surface area contributed by atoms with E-state index in [2.05, 4.69) is 18.8 Å². The molecule has 1 aliphatic heterocycles. The molecule has 0 radical (unpaired) electrons. The average Bonchev–Trinajstić information content (AvgIpc) is 2.60. The molecule has 3 rings (SSSR count). The van der Waals surface area contributed by atoms with Crippen LogP contribution in [0.4, 0.5) is 11.4 Å². The van der Waals surface area contributed by atoms with Crippen molar-refractivity contribution < 1.29 is 9.59 Å². The first-order chi connectivity index (χ1) is 11.9. The molecule has 5 nitrogen and oxygen atoms in total. The Kier molecular flexibility index (Phi) is 4.57. The molecule has 0 saturated carbocycles. The summed E-state index contributed by atoms with van der Waals surface area (Å²) in [5.41, 5.74) is 3.03. The number of pyridine rings is 1. The monoisotopic (exact) mass is 337 g/mol. The Bertz CT molecular complexity index is 799. The summed E-state index contributed by atoms with van der Waals surface area (Å²) in [6, 6.07) is 11.1. The van der Waals surface area contributed by atoms with Crippen LogP contribution in [0.25, 0.3) is 0 Å². The van der Waals surface area contributed by atoms with Gasteiger partial charge in [-0.05, 0) is 36.6 Å². The van der Waals surface area contributed by atoms with Gasteiger partial charge < -0.3 is 9.80 Å². The molecule has 1 atom stereocenters. The van der Waals surface area contributed by atoms with E-state index in [1.54, 1.807) is 29.0 Å². The fourth-order valence-electron chi connectivity index (χ4n) is 3.26. The Morgan fingerprint density at radius 3 is 2.36 bits per heavy atom. The Balaban J connectivity index is 1.98. The Hall–Kier alpha value is -2.69. The lowest BCUT2D eigenvalue weighted by Gasteiger charge is -2.40. The molecule has 0 saturated heterocycles. The van der Waals surface area contributed by atoms with E-state index in [-0.39, 0.29) is 17.9 Å². The lowest BCUT2D eigenvalue weighted by atomic mass is 10.0. The highest BCUT2D eigenvalue weighted by molar-refractivity contribution is 6.09. The number of rotatable bonds is 2. The largest absolute Gasteiger partial charge is 0.306 e. The van der Waals surface area contributed by atoms with Gasteiger partial charge in [0.2, 0.25) is 5.91 Å². The number of amides is 2. The summed E-state index contributed by atoms with van der Waals surface area (Å²) >= 11 is 0. The minimum absolute atomic E-state index is 0.0218. The SMILES string of the molecule is CC(=O)N1c2ccccc2N(C(=O)c2ccc(C(C)C)cn2)C[C@@H]1C. The number of para-hydroxylation sites is 2. The lowest BCUT2D eigenvalue weighted by molar-refractivity contribution is -0.117. The van der Waals surface area contributed by atoms with E-state index in [9.17, 15) is 9.59 Å². The van der Waals surface area contributed by atoms with Crippen LogP contribution in [-0.2, 0) is 4.79 Å². The Morgan fingerprint density at radius 1 is 1.12 bits per heavy atom. The van der Waals surface area contributed by atoms with Crippen LogP contribution in [0.5, 0.6) is 0 Å². The zero-order valence-corrected chi connectivity index (χ0v) is 15.1. The molecule has 0 unspecified atom stereocenters. The molecule has 0 N–H and O–H groups in total. The third kappa shape index (κ3) is 3.14. The molecule has 1 aromatic heterocycles. The first kappa shape index (κ1) is 17.1. The van der Waals surface area contributed by atoms with Crippen molar-refractivity contribution in [3.05, 3.63) is 53.9 Å². The molecule has 0 bridgehead atoms. The third-order valence-corrected chi connectivity index (χ3v) is 4.58. The van der Waals surface area contributed by atoms with Gasteiger partial charge in [-0.2, -0.15) is 0 Å². The molecular weight excluding hydrogens is 314 g/mol. The van der Waals surface area contributed by atoms with Crippen molar-refractivity contribution in [1.29, 1.82) is 0 Å². The average molecular weight is 337 g/mol. The van der Waals surface area contributed by atoms with Crippen molar-refractivity contribution in [2.45, 2.75) is 39.7 Å². The number of hydrogen-bond donors (Lipinski definition) is 0. The van der Waals surface area contributed by atoms with Crippen LogP contribution >= 0.6 is 0 Å². The maximum absolute atomic E-state index is 13.0. The topological polar surface area (TPSA) is 53.5 Å². The third-order valence-electron chi connectivity index (χ3n) is 4.58. The van der Waals surface area contributed by atoms with Crippen molar-refractivity contribution in [3.8, 4) is 0 Å². The van der Waals surface area contributed by atoms with E-state index in [1.807, 2.05) is 37.3 Å². The molecule has 1 aliphatic rings. The molecule has 2 amide bonds. The van der Waals surface area contributed by atoms with E-state index >= 15 is 0 Å². The molecule has 2 aromatic rings. The zero-order valence-electron chi connectivity index (χ0n) is 15.1. The minimum atomic E-state index is -0.141. The zero-order chi connectivity index (χ0) is 18.1. The summed E-state index contributed by atoms with van der Waals surface area (Å²) in [5.74, 6) is 0.209. The van der Waals surface area contributed by atoms with Gasteiger partial charge in [0.1, 0.15) is 5.69 Å². The second-order valence-electron chi connectivity index (χ2n) is 6.77. The van der Waals surface area contributed by atoms with Gasteiger partial charge in [0.25, 0.3) is 5.91 Å². The Labute approximate surface area is 148 Å². The number of nitrogens with zero attached hydrogens (tertiary/aromatic N) is 3. The van der Waals surface area contributed by atoms with Gasteiger partial charge in [-0.3, -0.25) is 14.6 Å². The van der Waals surface area contributed by atoms with Crippen molar-refractivity contribution in [2.75, 3.05) is 16.3 Å². The molecule has 2 heterocycles. The summed E-state index contributed by atoms with van der Waals surface area (Å²) in [4.78, 5) is 32.9. The standard InChI is InChI=1S/C20H23N3O2/c1-13(2)16-9-10-17(21-11-16)20(25)22-12-14(3)23(15(4)24)19-8-6-5-7-18(19)22/h5-11,13-14H,12H2,1-4H3/t14-/m0/s1. The number of carbonyl (C=O) groups excluding carboxylic acids is 2. The molecule has 0 fully saturated rings. The smallest absolute Gasteiger partial charge is 0.276 e. The van der Waals surface area contributed by atoms with E-state index in [0.717, 1.165) is 16.9 Å². The molecule has 25 heavy (non-hydrogen) atoms. The van der Waals surface area contributed by atoms with Gasteiger partial charge >= 0.3 is 0 Å². The van der Waals surface area contributed by atoms with Crippen LogP contribution in [0, 0.1) is 0 Å². The van der Waals surface area contributed by atoms with Crippen LogP contribution in [0.2, 0.25) is 0 Å². The highest BCUT2D eigenvalue weighted by Gasteiger charge is 2.33. The predicted octanol–water partition coefficient (Wildman–Crippen LogP) is 3.61. The number of benzene rings is 1. The molecule has 130 valence electrons. The number of hydrogen-bond acceptors (Lipinski definition) is 3. The fraction of sp³-hybridized carbons (Fsp3) is 0.350. The van der Waals surface area contributed by atoms with Crippen LogP contribution in [0.15, 0.2) is 42.6 Å². The number of aromatic nitrogens is 1. The van der Waals surface area contributed by atoms with E-state index < -0.39 is 0 Å². The van der Waals surface area contributed by atoms with Crippen molar-refractivity contribution in [3.63, 3.8) is 0 Å². The van der Waals surface area contributed by atoms with E-state index in [4.69, 9.17) is 0 Å². The molecule has 1 aromatic carbocycles. The molecular formula is C20H23N3O2. The Morgan fingerprint density at radius 2 is 1.80 bits per heavy atom. The van der Waals surface area contributed by atoms with Crippen molar-refractivity contribution in [2.24, 2.45) is 0 Å². The first-order valence-electron chi connectivity index (χ1n) is 8.56. The molecule has 0 aliphatic carbocycles. The lowest BCUT2D eigenvalue weighted by Crippen LogP contribution is -2.51. The van der Waals surface area contributed by atoms with Gasteiger partial charge in [-0.1, -0.05) is 32.0 Å². The quantitative estimate of drug-likeness (QED) is 0.841. The minimum Gasteiger partial charge on any atom is -0.306 e. The number of anilines is 2. The highest BCUT2D eigenvalue weighted by Crippen LogP contribution is 2.36. The number of fused-ring (bicyclic) bond motifs is 1. The maximum Gasteiger partial charge on any atom is 0.276 e. The van der Waals surface area contributed by atoms with Crippen LogP contribution in [0.3, 0.4) is 0 Å². The fourth-order valence-corrected chi connectivity index (χ4v) is 3.26. The first-order valence-corrected chi connectivity index (χ1v) is 8.56. The highest BCUT2D eigenvalue weighted by atomic mass is 16.2. The number of carbonyl (C=O) groups is 2. The second kappa shape index (κ2) is 6.67. The van der Waals surface area contributed by atoms with Gasteiger partial charge in [-0.25, -0.2) is 0 Å². The summed E-state index contributed by atoms with van der Waals surface area (Å²) in [6.45, 7) is 8.14. The van der Waals surface area contributed by atoms with Crippen LogP contribution in [0.1, 0.15) is 49.7 Å². The summed E-state index contributed by atoms with van der Waals surface area (Å²) in [7, 11) is 0. The predicted molar refractivity (Wildman–Crippen MR) is 99.1 cm³/mol. The van der Waals surface area contributed by atoms with Crippen molar-refractivity contribution >= 4 is 23.2 Å². The maximum atomic E-state index is 13.0. The van der Waals surface area contributed by atoms with Crippen molar-refractivity contribution in [1.82, 2.24) is 4.98 Å². The normalized spacial score (nSPS) is 16.8. The van der Waals surface area contributed by atoms with Gasteiger partial charge in [-0.15, -0.1) is 0 Å². The summed E-state index contributed by atoms with van der Waals surface area (Å²) in [5, 5.41) is 0. The van der Waals surface area contributed by atoms with E-state index in [0.29, 0.717) is 18.2 Å². The van der Waals surface area contributed by atoms with Gasteiger partial charge in [0.05, 0.1) is 17.4 Å². The van der Waals surface area contributed by atoms with Crippen LogP contribution < -0.4 is 9.80 Å². The molecule has 0 spiro atoms. The summed E-state index contributed by atoms with van der Waals surface area (Å²) in [6.07, 6.45) is 1.76.